The van der Waals surface area contributed by atoms with Crippen LogP contribution in [-0.2, 0) is 4.79 Å². The van der Waals surface area contributed by atoms with Gasteiger partial charge < -0.3 is 4.90 Å². The lowest BCUT2D eigenvalue weighted by atomic mass is 9.99. The second kappa shape index (κ2) is 5.63. The molecule has 106 valence electrons. The third-order valence-electron chi connectivity index (χ3n) is 4.25. The Morgan fingerprint density at radius 3 is 2.63 bits per heavy atom. The first-order chi connectivity index (χ1) is 8.95. The zero-order valence-electron chi connectivity index (χ0n) is 12.4. The average Bonchev–Trinajstić information content (AvgIpc) is 2.93. The Labute approximate surface area is 120 Å². The lowest BCUT2D eigenvalue weighted by Gasteiger charge is -2.33. The van der Waals surface area contributed by atoms with Crippen LogP contribution in [0.3, 0.4) is 0 Å². The summed E-state index contributed by atoms with van der Waals surface area (Å²) in [5.41, 5.74) is 0. The van der Waals surface area contributed by atoms with Crippen molar-refractivity contribution in [2.75, 3.05) is 0 Å². The van der Waals surface area contributed by atoms with Crippen LogP contribution in [0.4, 0.5) is 0 Å². The van der Waals surface area contributed by atoms with Gasteiger partial charge in [-0.1, -0.05) is 20.3 Å². The van der Waals surface area contributed by atoms with Gasteiger partial charge in [0.05, 0.1) is 6.04 Å². The van der Waals surface area contributed by atoms with E-state index in [4.69, 9.17) is 0 Å². The number of hydrogen-bond donors (Lipinski definition) is 1. The number of carbonyl (C=O) groups excluding carboxylic acids is 1. The Morgan fingerprint density at radius 1 is 1.42 bits per heavy atom. The minimum Gasteiger partial charge on any atom is -0.318 e. The van der Waals surface area contributed by atoms with E-state index in [0.717, 1.165) is 6.42 Å². The molecular weight excluding hydrogens is 256 g/mol. The first-order valence-corrected chi connectivity index (χ1v) is 7.91. The second-order valence-corrected chi connectivity index (χ2v) is 6.93. The van der Waals surface area contributed by atoms with E-state index in [1.165, 1.54) is 9.75 Å². The topological polar surface area (TPSA) is 32.3 Å². The summed E-state index contributed by atoms with van der Waals surface area (Å²) < 4.78 is 0. The van der Waals surface area contributed by atoms with Crippen molar-refractivity contribution in [3.8, 4) is 0 Å². The van der Waals surface area contributed by atoms with Crippen LogP contribution in [0, 0.1) is 12.8 Å². The molecule has 0 aliphatic carbocycles. The van der Waals surface area contributed by atoms with Gasteiger partial charge in [0.1, 0.15) is 6.17 Å². The maximum absolute atomic E-state index is 12.4. The van der Waals surface area contributed by atoms with Gasteiger partial charge in [0.15, 0.2) is 0 Å². The minimum atomic E-state index is -0.0843. The molecule has 1 fully saturated rings. The molecule has 4 heteroatoms. The van der Waals surface area contributed by atoms with Gasteiger partial charge in [-0.2, -0.15) is 0 Å². The summed E-state index contributed by atoms with van der Waals surface area (Å²) in [7, 11) is 0. The fraction of sp³-hybridized carbons (Fsp3) is 0.667. The van der Waals surface area contributed by atoms with Crippen LogP contribution in [0.2, 0.25) is 0 Å². The van der Waals surface area contributed by atoms with Gasteiger partial charge in [-0.25, -0.2) is 0 Å². The quantitative estimate of drug-likeness (QED) is 0.917. The molecular formula is C15H24N2OS. The molecule has 0 saturated carbocycles. The Kier molecular flexibility index (Phi) is 4.31. The third kappa shape index (κ3) is 2.70. The summed E-state index contributed by atoms with van der Waals surface area (Å²) in [6.45, 7) is 10.6. The van der Waals surface area contributed by atoms with E-state index in [0.29, 0.717) is 5.92 Å². The smallest absolute Gasteiger partial charge is 0.241 e. The van der Waals surface area contributed by atoms with E-state index in [2.05, 4.69) is 45.1 Å². The Morgan fingerprint density at radius 2 is 2.11 bits per heavy atom. The molecule has 1 aliphatic rings. The van der Waals surface area contributed by atoms with Crippen molar-refractivity contribution in [1.82, 2.24) is 10.2 Å². The highest BCUT2D eigenvalue weighted by Crippen LogP contribution is 2.33. The van der Waals surface area contributed by atoms with Crippen LogP contribution in [0.5, 0.6) is 0 Å². The predicted octanol–water partition coefficient (Wildman–Crippen LogP) is 3.31. The molecule has 1 aromatic rings. The second-order valence-electron chi connectivity index (χ2n) is 5.61. The van der Waals surface area contributed by atoms with Gasteiger partial charge >= 0.3 is 0 Å². The molecule has 2 rings (SSSR count). The number of carbonyl (C=O) groups is 1. The predicted molar refractivity (Wildman–Crippen MR) is 80.2 cm³/mol. The maximum atomic E-state index is 12.4. The minimum absolute atomic E-state index is 0.0465. The average molecular weight is 280 g/mol. The van der Waals surface area contributed by atoms with Crippen LogP contribution < -0.4 is 5.32 Å². The molecule has 19 heavy (non-hydrogen) atoms. The van der Waals surface area contributed by atoms with Gasteiger partial charge in [-0.15, -0.1) is 11.3 Å². The first kappa shape index (κ1) is 14.5. The molecule has 0 aromatic carbocycles. The van der Waals surface area contributed by atoms with E-state index in [1.54, 1.807) is 11.3 Å². The van der Waals surface area contributed by atoms with Crippen molar-refractivity contribution in [2.24, 2.45) is 5.92 Å². The third-order valence-corrected chi connectivity index (χ3v) is 5.30. The zero-order valence-corrected chi connectivity index (χ0v) is 13.3. The van der Waals surface area contributed by atoms with Crippen molar-refractivity contribution in [3.05, 3.63) is 21.9 Å². The molecule has 1 aliphatic heterocycles. The number of nitrogens with zero attached hydrogens (tertiary/aromatic N) is 1. The van der Waals surface area contributed by atoms with Gasteiger partial charge in [-0.3, -0.25) is 10.1 Å². The monoisotopic (exact) mass is 280 g/mol. The Bertz CT molecular complexity index is 457. The highest BCUT2D eigenvalue weighted by molar-refractivity contribution is 7.12. The summed E-state index contributed by atoms with van der Waals surface area (Å²) in [5.74, 6) is 0.739. The fourth-order valence-corrected chi connectivity index (χ4v) is 3.55. The van der Waals surface area contributed by atoms with Gasteiger partial charge in [-0.05, 0) is 38.8 Å². The van der Waals surface area contributed by atoms with Crippen molar-refractivity contribution in [1.29, 1.82) is 0 Å². The van der Waals surface area contributed by atoms with Crippen molar-refractivity contribution < 1.29 is 4.79 Å². The van der Waals surface area contributed by atoms with E-state index >= 15 is 0 Å². The molecule has 1 saturated heterocycles. The van der Waals surface area contributed by atoms with Crippen LogP contribution in [0.1, 0.15) is 50.0 Å². The molecule has 0 bridgehead atoms. The fourth-order valence-electron chi connectivity index (χ4n) is 2.61. The van der Waals surface area contributed by atoms with Gasteiger partial charge in [0.25, 0.3) is 0 Å². The van der Waals surface area contributed by atoms with E-state index in [9.17, 15) is 4.79 Å². The highest BCUT2D eigenvalue weighted by Gasteiger charge is 2.41. The van der Waals surface area contributed by atoms with Gasteiger partial charge in [0, 0.05) is 15.8 Å². The Hall–Kier alpha value is -0.870. The molecule has 2 heterocycles. The lowest BCUT2D eigenvalue weighted by molar-refractivity contribution is -0.132. The van der Waals surface area contributed by atoms with Crippen LogP contribution in [0.25, 0.3) is 0 Å². The number of nitrogens with one attached hydrogen (secondary N) is 1. The van der Waals surface area contributed by atoms with Crippen molar-refractivity contribution in [2.45, 2.75) is 59.3 Å². The molecule has 4 atom stereocenters. The van der Waals surface area contributed by atoms with E-state index in [1.807, 2.05) is 11.8 Å². The first-order valence-electron chi connectivity index (χ1n) is 7.10. The summed E-state index contributed by atoms with van der Waals surface area (Å²) in [6, 6.07) is 4.45. The van der Waals surface area contributed by atoms with Crippen LogP contribution in [-0.4, -0.2) is 22.9 Å². The zero-order chi connectivity index (χ0) is 14.2. The van der Waals surface area contributed by atoms with Crippen molar-refractivity contribution in [3.63, 3.8) is 0 Å². The largest absolute Gasteiger partial charge is 0.318 e. The lowest BCUT2D eigenvalue weighted by Crippen LogP contribution is -2.41. The summed E-state index contributed by atoms with van der Waals surface area (Å²) >= 11 is 1.77. The number of hydrogen-bond acceptors (Lipinski definition) is 3. The van der Waals surface area contributed by atoms with Gasteiger partial charge in [0.2, 0.25) is 5.91 Å². The molecule has 1 aromatic heterocycles. The summed E-state index contributed by atoms with van der Waals surface area (Å²) in [5, 5.41) is 3.43. The highest BCUT2D eigenvalue weighted by atomic mass is 32.1. The maximum Gasteiger partial charge on any atom is 0.241 e. The van der Waals surface area contributed by atoms with Crippen molar-refractivity contribution >= 4 is 17.2 Å². The number of aryl methyl sites for hydroxylation is 1. The number of thiophene rings is 1. The van der Waals surface area contributed by atoms with E-state index < -0.39 is 0 Å². The standard InChI is InChI=1S/C15H24N2OS/c1-6-9(2)12(5)17-14(16-11(4)15(17)18)13-8-7-10(3)19-13/h7-9,11-12,14,16H,6H2,1-5H3. The SMILES string of the molecule is CCC(C)C(C)N1C(=O)C(C)NC1c1ccc(C)s1. The number of rotatable bonds is 4. The molecule has 1 amide bonds. The summed E-state index contributed by atoms with van der Waals surface area (Å²) in [6.07, 6.45) is 1.14. The molecule has 0 radical (unpaired) electrons. The number of amides is 1. The molecule has 4 unspecified atom stereocenters. The summed E-state index contributed by atoms with van der Waals surface area (Å²) in [4.78, 5) is 17.0. The molecule has 0 spiro atoms. The normalized spacial score (nSPS) is 26.8. The van der Waals surface area contributed by atoms with Crippen LogP contribution in [0.15, 0.2) is 12.1 Å². The Balaban J connectivity index is 2.28. The van der Waals surface area contributed by atoms with E-state index in [-0.39, 0.29) is 24.2 Å². The van der Waals surface area contributed by atoms with Crippen LogP contribution >= 0.6 is 11.3 Å². The molecule has 3 nitrogen and oxygen atoms in total. The molecule has 1 N–H and O–H groups in total.